The number of ether oxygens (including phenoxy) is 1. The Morgan fingerprint density at radius 1 is 1.14 bits per heavy atom. The van der Waals surface area contributed by atoms with Gasteiger partial charge in [0.05, 0.1) is 5.56 Å². The van der Waals surface area contributed by atoms with Crippen LogP contribution in [0.5, 0.6) is 11.5 Å². The molecule has 0 saturated carbocycles. The molecule has 0 unspecified atom stereocenters. The number of piperidine rings is 1. The molecule has 2 aromatic carbocycles. The molecule has 1 amide bonds. The van der Waals surface area contributed by atoms with Crippen molar-refractivity contribution in [2.24, 2.45) is 5.92 Å². The summed E-state index contributed by atoms with van der Waals surface area (Å²) >= 11 is 0. The van der Waals surface area contributed by atoms with Gasteiger partial charge in [0.1, 0.15) is 41.1 Å². The maximum atomic E-state index is 12.1. The fraction of sp³-hybridized carbons (Fsp3) is 0.259. The summed E-state index contributed by atoms with van der Waals surface area (Å²) in [5, 5.41) is 12.3. The SMILES string of the molecule is C=C(C#N)C(=O)N1CCC(CNc2ncnc(N)c2-c2ccc(Oc3ccc(C)cc3)cc2)CC1. The minimum Gasteiger partial charge on any atom is -0.457 e. The van der Waals surface area contributed by atoms with Crippen LogP contribution in [0.25, 0.3) is 11.1 Å². The highest BCUT2D eigenvalue weighted by molar-refractivity contribution is 5.96. The molecule has 1 aromatic heterocycles. The quantitative estimate of drug-likeness (QED) is 0.386. The lowest BCUT2D eigenvalue weighted by molar-refractivity contribution is -0.127. The van der Waals surface area contributed by atoms with E-state index in [2.05, 4.69) is 21.9 Å². The van der Waals surface area contributed by atoms with Gasteiger partial charge in [0.15, 0.2) is 0 Å². The van der Waals surface area contributed by atoms with Crippen LogP contribution in [0, 0.1) is 24.2 Å². The van der Waals surface area contributed by atoms with Gasteiger partial charge in [-0.05, 0) is 55.5 Å². The lowest BCUT2D eigenvalue weighted by Crippen LogP contribution is -2.40. The van der Waals surface area contributed by atoms with E-state index in [0.717, 1.165) is 35.5 Å². The van der Waals surface area contributed by atoms with Crippen LogP contribution in [0.4, 0.5) is 11.6 Å². The number of anilines is 2. The predicted molar refractivity (Wildman–Crippen MR) is 136 cm³/mol. The number of carbonyl (C=O) groups is 1. The Morgan fingerprint density at radius 2 is 1.77 bits per heavy atom. The number of aryl methyl sites for hydroxylation is 1. The summed E-state index contributed by atoms with van der Waals surface area (Å²) in [6.45, 7) is 7.46. The van der Waals surface area contributed by atoms with Gasteiger partial charge in [-0.15, -0.1) is 0 Å². The Balaban J connectivity index is 1.40. The molecule has 35 heavy (non-hydrogen) atoms. The molecule has 3 N–H and O–H groups in total. The summed E-state index contributed by atoms with van der Waals surface area (Å²) in [6.07, 6.45) is 3.11. The number of nitriles is 1. The summed E-state index contributed by atoms with van der Waals surface area (Å²) in [5.41, 5.74) is 9.02. The number of nitrogen functional groups attached to an aromatic ring is 1. The molecule has 1 aliphatic rings. The van der Waals surface area contributed by atoms with Crippen molar-refractivity contribution in [1.29, 1.82) is 5.26 Å². The van der Waals surface area contributed by atoms with Gasteiger partial charge in [-0.2, -0.15) is 5.26 Å². The van der Waals surface area contributed by atoms with E-state index in [0.29, 0.717) is 37.2 Å². The molecular weight excluding hydrogens is 440 g/mol. The Bertz CT molecular complexity index is 1240. The molecule has 1 fully saturated rings. The summed E-state index contributed by atoms with van der Waals surface area (Å²) in [4.78, 5) is 22.4. The monoisotopic (exact) mass is 468 g/mol. The molecule has 0 atom stereocenters. The molecule has 3 aromatic rings. The number of rotatable bonds is 7. The first kappa shape index (κ1) is 23.8. The highest BCUT2D eigenvalue weighted by atomic mass is 16.5. The number of likely N-dealkylation sites (tertiary alicyclic amines) is 1. The van der Waals surface area contributed by atoms with Crippen molar-refractivity contribution in [2.45, 2.75) is 19.8 Å². The second kappa shape index (κ2) is 10.7. The molecule has 2 heterocycles. The first-order valence-electron chi connectivity index (χ1n) is 11.5. The zero-order valence-electron chi connectivity index (χ0n) is 19.7. The number of benzene rings is 2. The molecule has 0 aliphatic carbocycles. The summed E-state index contributed by atoms with van der Waals surface area (Å²) in [5.74, 6) is 2.65. The maximum Gasteiger partial charge on any atom is 0.263 e. The zero-order chi connectivity index (χ0) is 24.8. The van der Waals surface area contributed by atoms with Crippen molar-refractivity contribution in [1.82, 2.24) is 14.9 Å². The summed E-state index contributed by atoms with van der Waals surface area (Å²) < 4.78 is 5.93. The summed E-state index contributed by atoms with van der Waals surface area (Å²) in [6, 6.07) is 17.4. The highest BCUT2D eigenvalue weighted by Crippen LogP contribution is 2.33. The van der Waals surface area contributed by atoms with Crippen molar-refractivity contribution < 1.29 is 9.53 Å². The van der Waals surface area contributed by atoms with Crippen LogP contribution in [-0.4, -0.2) is 40.4 Å². The molecule has 1 saturated heterocycles. The van der Waals surface area contributed by atoms with E-state index in [1.54, 1.807) is 4.90 Å². The number of hydrogen-bond donors (Lipinski definition) is 2. The molecule has 0 radical (unpaired) electrons. The zero-order valence-corrected chi connectivity index (χ0v) is 19.7. The largest absolute Gasteiger partial charge is 0.457 e. The van der Waals surface area contributed by atoms with Gasteiger partial charge in [-0.1, -0.05) is 36.4 Å². The minimum absolute atomic E-state index is 0.0158. The van der Waals surface area contributed by atoms with Crippen LogP contribution in [0.1, 0.15) is 18.4 Å². The molecule has 0 bridgehead atoms. The van der Waals surface area contributed by atoms with Crippen molar-refractivity contribution in [3.05, 3.63) is 72.6 Å². The van der Waals surface area contributed by atoms with E-state index < -0.39 is 0 Å². The lowest BCUT2D eigenvalue weighted by Gasteiger charge is -2.32. The molecule has 1 aliphatic heterocycles. The van der Waals surface area contributed by atoms with Gasteiger partial charge in [-0.25, -0.2) is 9.97 Å². The number of hydrogen-bond acceptors (Lipinski definition) is 7. The average Bonchev–Trinajstić information content (AvgIpc) is 2.89. The van der Waals surface area contributed by atoms with E-state index in [-0.39, 0.29) is 11.5 Å². The number of nitrogens with zero attached hydrogens (tertiary/aromatic N) is 4. The van der Waals surface area contributed by atoms with Crippen molar-refractivity contribution in [3.8, 4) is 28.7 Å². The predicted octanol–water partition coefficient (Wildman–Crippen LogP) is 4.56. The Kier molecular flexibility index (Phi) is 7.27. The van der Waals surface area contributed by atoms with Crippen LogP contribution in [0.15, 0.2) is 67.0 Å². The van der Waals surface area contributed by atoms with E-state index >= 15 is 0 Å². The standard InChI is InChI=1S/C27H28N6O2/c1-18-3-7-22(8-4-18)35-23-9-5-21(6-10-23)24-25(29)31-17-32-26(24)30-16-20-11-13-33(14-12-20)27(34)19(2)15-28/h3-10,17,20H,2,11-14,16H2,1H3,(H3,29,30,31,32). The van der Waals surface area contributed by atoms with Gasteiger partial charge in [0.25, 0.3) is 5.91 Å². The lowest BCUT2D eigenvalue weighted by atomic mass is 9.96. The molecule has 8 nitrogen and oxygen atoms in total. The molecule has 8 heteroatoms. The second-order valence-electron chi connectivity index (χ2n) is 8.63. The van der Waals surface area contributed by atoms with Crippen LogP contribution in [-0.2, 0) is 4.79 Å². The molecule has 0 spiro atoms. The van der Waals surface area contributed by atoms with E-state index in [4.69, 9.17) is 15.7 Å². The van der Waals surface area contributed by atoms with Crippen molar-refractivity contribution in [2.75, 3.05) is 30.7 Å². The van der Waals surface area contributed by atoms with Gasteiger partial charge >= 0.3 is 0 Å². The van der Waals surface area contributed by atoms with Crippen LogP contribution < -0.4 is 15.8 Å². The molecule has 178 valence electrons. The fourth-order valence-corrected chi connectivity index (χ4v) is 4.07. The minimum atomic E-state index is -0.278. The number of amides is 1. The normalized spacial score (nSPS) is 13.7. The van der Waals surface area contributed by atoms with Crippen LogP contribution in [0.3, 0.4) is 0 Å². The average molecular weight is 469 g/mol. The Labute approximate surface area is 205 Å². The molecule has 4 rings (SSSR count). The second-order valence-corrected chi connectivity index (χ2v) is 8.63. The van der Waals surface area contributed by atoms with Gasteiger partial charge in [0, 0.05) is 19.6 Å². The Morgan fingerprint density at radius 3 is 2.40 bits per heavy atom. The van der Waals surface area contributed by atoms with E-state index in [9.17, 15) is 4.79 Å². The first-order valence-corrected chi connectivity index (χ1v) is 11.5. The topological polar surface area (TPSA) is 117 Å². The first-order chi connectivity index (χ1) is 16.9. The van der Waals surface area contributed by atoms with E-state index in [1.807, 2.05) is 61.5 Å². The van der Waals surface area contributed by atoms with Crippen molar-refractivity contribution >= 4 is 17.5 Å². The number of nitrogens with two attached hydrogens (primary N) is 1. The third kappa shape index (κ3) is 5.76. The highest BCUT2D eigenvalue weighted by Gasteiger charge is 2.24. The third-order valence-corrected chi connectivity index (χ3v) is 6.13. The van der Waals surface area contributed by atoms with Gasteiger partial charge in [-0.3, -0.25) is 4.79 Å². The van der Waals surface area contributed by atoms with Crippen LogP contribution in [0.2, 0.25) is 0 Å². The van der Waals surface area contributed by atoms with Crippen LogP contribution >= 0.6 is 0 Å². The van der Waals surface area contributed by atoms with Crippen molar-refractivity contribution in [3.63, 3.8) is 0 Å². The fourth-order valence-electron chi connectivity index (χ4n) is 4.07. The summed E-state index contributed by atoms with van der Waals surface area (Å²) in [7, 11) is 0. The van der Waals surface area contributed by atoms with Gasteiger partial charge in [0.2, 0.25) is 0 Å². The number of carbonyl (C=O) groups excluding carboxylic acids is 1. The molecular formula is C27H28N6O2. The number of nitrogens with one attached hydrogen (secondary N) is 1. The third-order valence-electron chi connectivity index (χ3n) is 6.13. The number of aromatic nitrogens is 2. The Hall–Kier alpha value is -4.38. The maximum absolute atomic E-state index is 12.1. The van der Waals surface area contributed by atoms with E-state index in [1.165, 1.54) is 11.9 Å². The smallest absolute Gasteiger partial charge is 0.263 e. The van der Waals surface area contributed by atoms with Gasteiger partial charge < -0.3 is 20.7 Å².